The first-order valence-electron chi connectivity index (χ1n) is 9.56. The van der Waals surface area contributed by atoms with Gasteiger partial charge in [0.05, 0.1) is 45.8 Å². The smallest absolute Gasteiger partial charge is 0.253 e. The molecule has 2 aliphatic heterocycles. The zero-order chi connectivity index (χ0) is 19.7. The molecule has 1 aromatic heterocycles. The Morgan fingerprint density at radius 1 is 1.25 bits per heavy atom. The van der Waals surface area contributed by atoms with Gasteiger partial charge in [-0.25, -0.2) is 0 Å². The van der Waals surface area contributed by atoms with E-state index in [1.165, 1.54) is 0 Å². The summed E-state index contributed by atoms with van der Waals surface area (Å²) in [5.74, 6) is 1.45. The Balaban J connectivity index is 1.74. The molecule has 7 heteroatoms. The number of aromatic nitrogens is 1. The average Bonchev–Trinajstić information content (AvgIpc) is 2.74. The quantitative estimate of drug-likeness (QED) is 0.850. The fraction of sp³-hybridized carbons (Fsp3) is 0.476. The lowest BCUT2D eigenvalue weighted by molar-refractivity contribution is -0.0818. The summed E-state index contributed by atoms with van der Waals surface area (Å²) in [7, 11) is 3.28. The van der Waals surface area contributed by atoms with Crippen molar-refractivity contribution in [1.29, 1.82) is 0 Å². The summed E-state index contributed by atoms with van der Waals surface area (Å²) in [5, 5.41) is 3.38. The van der Waals surface area contributed by atoms with E-state index in [0.29, 0.717) is 38.7 Å². The molecule has 0 aliphatic carbocycles. The molecule has 0 bridgehead atoms. The van der Waals surface area contributed by atoms with Crippen LogP contribution in [0.25, 0.3) is 11.3 Å². The first-order valence-corrected chi connectivity index (χ1v) is 9.56. The van der Waals surface area contributed by atoms with Gasteiger partial charge in [0.25, 0.3) is 5.56 Å². The van der Waals surface area contributed by atoms with E-state index in [-0.39, 0.29) is 11.7 Å². The molecule has 2 aromatic rings. The number of rotatable bonds is 5. The van der Waals surface area contributed by atoms with Crippen LogP contribution in [0.2, 0.25) is 0 Å². The van der Waals surface area contributed by atoms with E-state index in [0.717, 1.165) is 40.2 Å². The maximum absolute atomic E-state index is 12.8. The normalized spacial score (nSPS) is 18.2. The third kappa shape index (κ3) is 3.25. The Kier molecular flexibility index (Phi) is 5.28. The summed E-state index contributed by atoms with van der Waals surface area (Å²) >= 11 is 0. The number of fused-ring (bicyclic) bond motifs is 3. The van der Waals surface area contributed by atoms with Gasteiger partial charge in [-0.1, -0.05) is 0 Å². The van der Waals surface area contributed by atoms with Gasteiger partial charge >= 0.3 is 0 Å². The van der Waals surface area contributed by atoms with Gasteiger partial charge in [-0.3, -0.25) is 4.79 Å². The van der Waals surface area contributed by atoms with Crippen molar-refractivity contribution in [1.82, 2.24) is 4.57 Å². The lowest BCUT2D eigenvalue weighted by atomic mass is 9.93. The van der Waals surface area contributed by atoms with Gasteiger partial charge in [0, 0.05) is 36.0 Å². The molecule has 7 nitrogen and oxygen atoms in total. The van der Waals surface area contributed by atoms with E-state index >= 15 is 0 Å². The molecule has 3 heterocycles. The standard InChI is InChI=1S/C21H26N2O5/c1-13-17(22-11-14-12-27-8-9-28-14)10-19(24)23-7-6-16-15(20(13)23)4-5-18(25-2)21(16)26-3/h4-5,10,14,22H,6-9,11-12H2,1-3H3. The lowest BCUT2D eigenvalue weighted by Gasteiger charge is -2.28. The van der Waals surface area contributed by atoms with Crippen molar-refractivity contribution in [2.24, 2.45) is 0 Å². The lowest BCUT2D eigenvalue weighted by Crippen LogP contribution is -2.35. The van der Waals surface area contributed by atoms with E-state index < -0.39 is 0 Å². The molecule has 4 rings (SSSR count). The van der Waals surface area contributed by atoms with Crippen molar-refractivity contribution in [3.63, 3.8) is 0 Å². The molecule has 1 saturated heterocycles. The zero-order valence-electron chi connectivity index (χ0n) is 16.5. The average molecular weight is 386 g/mol. The molecule has 1 unspecified atom stereocenters. The van der Waals surface area contributed by atoms with Crippen LogP contribution in [0.1, 0.15) is 11.1 Å². The van der Waals surface area contributed by atoms with Gasteiger partial charge in [0.1, 0.15) is 0 Å². The first kappa shape index (κ1) is 18.8. The highest BCUT2D eigenvalue weighted by atomic mass is 16.6. The molecular weight excluding hydrogens is 360 g/mol. The number of ether oxygens (including phenoxy) is 4. The maximum atomic E-state index is 12.8. The van der Waals surface area contributed by atoms with Gasteiger partial charge in [0.15, 0.2) is 11.5 Å². The Hall–Kier alpha value is -2.51. The summed E-state index contributed by atoms with van der Waals surface area (Å²) in [6.45, 7) is 5.06. The minimum atomic E-state index is -0.0106. The van der Waals surface area contributed by atoms with Crippen LogP contribution in [0.15, 0.2) is 23.0 Å². The van der Waals surface area contributed by atoms with Crippen molar-refractivity contribution in [3.05, 3.63) is 39.7 Å². The molecule has 150 valence electrons. The van der Waals surface area contributed by atoms with Crippen LogP contribution in [0.5, 0.6) is 11.5 Å². The Bertz CT molecular complexity index is 931. The second-order valence-corrected chi connectivity index (χ2v) is 7.05. The molecule has 2 aliphatic rings. The second-order valence-electron chi connectivity index (χ2n) is 7.05. The number of anilines is 1. The van der Waals surface area contributed by atoms with E-state index in [1.54, 1.807) is 20.3 Å². The van der Waals surface area contributed by atoms with Crippen molar-refractivity contribution in [3.8, 4) is 22.8 Å². The number of methoxy groups -OCH3 is 2. The fourth-order valence-electron chi connectivity index (χ4n) is 4.07. The van der Waals surface area contributed by atoms with E-state index in [9.17, 15) is 4.79 Å². The third-order valence-electron chi connectivity index (χ3n) is 5.46. The molecule has 1 N–H and O–H groups in total. The number of benzene rings is 1. The van der Waals surface area contributed by atoms with Crippen molar-refractivity contribution in [2.45, 2.75) is 26.0 Å². The Morgan fingerprint density at radius 3 is 2.82 bits per heavy atom. The molecule has 1 fully saturated rings. The van der Waals surface area contributed by atoms with Crippen LogP contribution in [0.3, 0.4) is 0 Å². The SMILES string of the molecule is COc1ccc2c(c1OC)CCn1c-2c(C)c(NCC2COCCO2)cc1=O. The summed E-state index contributed by atoms with van der Waals surface area (Å²) in [6.07, 6.45) is 0.714. The van der Waals surface area contributed by atoms with Crippen LogP contribution in [0, 0.1) is 6.92 Å². The minimum absolute atomic E-state index is 0.00986. The topological polar surface area (TPSA) is 71.0 Å². The molecule has 0 spiro atoms. The maximum Gasteiger partial charge on any atom is 0.253 e. The van der Waals surface area contributed by atoms with E-state index in [1.807, 2.05) is 23.6 Å². The molecule has 1 aromatic carbocycles. The summed E-state index contributed by atoms with van der Waals surface area (Å²) < 4.78 is 24.0. The predicted molar refractivity (Wildman–Crippen MR) is 107 cm³/mol. The summed E-state index contributed by atoms with van der Waals surface area (Å²) in [6, 6.07) is 5.58. The van der Waals surface area contributed by atoms with Gasteiger partial charge in [0.2, 0.25) is 0 Å². The third-order valence-corrected chi connectivity index (χ3v) is 5.46. The molecule has 0 amide bonds. The predicted octanol–water partition coefficient (Wildman–Crippen LogP) is 2.22. The van der Waals surface area contributed by atoms with Gasteiger partial charge in [-0.15, -0.1) is 0 Å². The number of hydrogen-bond acceptors (Lipinski definition) is 6. The van der Waals surface area contributed by atoms with Crippen LogP contribution < -0.4 is 20.3 Å². The molecular formula is C21H26N2O5. The summed E-state index contributed by atoms with van der Waals surface area (Å²) in [4.78, 5) is 12.8. The first-order chi connectivity index (χ1) is 13.6. The number of nitrogens with zero attached hydrogens (tertiary/aromatic N) is 1. The van der Waals surface area contributed by atoms with Crippen molar-refractivity contribution in [2.75, 3.05) is 45.9 Å². The Morgan fingerprint density at radius 2 is 2.11 bits per heavy atom. The van der Waals surface area contributed by atoms with Crippen LogP contribution in [-0.2, 0) is 22.4 Å². The molecule has 28 heavy (non-hydrogen) atoms. The van der Waals surface area contributed by atoms with E-state index in [4.69, 9.17) is 18.9 Å². The minimum Gasteiger partial charge on any atom is -0.493 e. The Labute approximate surface area is 164 Å². The molecule has 0 radical (unpaired) electrons. The van der Waals surface area contributed by atoms with Crippen molar-refractivity contribution < 1.29 is 18.9 Å². The number of pyridine rings is 1. The van der Waals surface area contributed by atoms with Crippen LogP contribution >= 0.6 is 0 Å². The highest BCUT2D eigenvalue weighted by Gasteiger charge is 2.25. The fourth-order valence-corrected chi connectivity index (χ4v) is 4.07. The second kappa shape index (κ2) is 7.85. The zero-order valence-corrected chi connectivity index (χ0v) is 16.5. The van der Waals surface area contributed by atoms with Gasteiger partial charge in [-0.2, -0.15) is 0 Å². The number of nitrogens with one attached hydrogen (secondary N) is 1. The highest BCUT2D eigenvalue weighted by Crippen LogP contribution is 2.42. The summed E-state index contributed by atoms with van der Waals surface area (Å²) in [5.41, 5.74) is 4.87. The van der Waals surface area contributed by atoms with E-state index in [2.05, 4.69) is 5.32 Å². The number of hydrogen-bond donors (Lipinski definition) is 1. The highest BCUT2D eigenvalue weighted by molar-refractivity contribution is 5.77. The monoisotopic (exact) mass is 386 g/mol. The molecule has 1 atom stereocenters. The van der Waals surface area contributed by atoms with Gasteiger partial charge < -0.3 is 28.8 Å². The van der Waals surface area contributed by atoms with Crippen LogP contribution in [0.4, 0.5) is 5.69 Å². The van der Waals surface area contributed by atoms with Crippen molar-refractivity contribution >= 4 is 5.69 Å². The molecule has 0 saturated carbocycles. The largest absolute Gasteiger partial charge is 0.493 e. The van der Waals surface area contributed by atoms with Gasteiger partial charge in [-0.05, 0) is 31.0 Å². The van der Waals surface area contributed by atoms with Crippen LogP contribution in [-0.4, -0.2) is 51.3 Å².